The fraction of sp³-hybridized carbons (Fsp3) is 0.600. The zero-order valence-electron chi connectivity index (χ0n) is 12.3. The quantitative estimate of drug-likeness (QED) is 0.704. The highest BCUT2D eigenvalue weighted by atomic mass is 35.5. The van der Waals surface area contributed by atoms with Crippen LogP contribution < -0.4 is 4.74 Å². The van der Waals surface area contributed by atoms with Crippen molar-refractivity contribution in [2.24, 2.45) is 0 Å². The summed E-state index contributed by atoms with van der Waals surface area (Å²) in [5, 5.41) is 0. The molecule has 4 heteroatoms. The summed E-state index contributed by atoms with van der Waals surface area (Å²) in [5.74, 6) is 2.17. The summed E-state index contributed by atoms with van der Waals surface area (Å²) in [6.45, 7) is 8.98. The molecule has 19 heavy (non-hydrogen) atoms. The van der Waals surface area contributed by atoms with Crippen molar-refractivity contribution in [1.82, 2.24) is 4.90 Å². The highest BCUT2D eigenvalue weighted by Gasteiger charge is 2.08. The van der Waals surface area contributed by atoms with Crippen LogP contribution in [0.3, 0.4) is 0 Å². The van der Waals surface area contributed by atoms with Gasteiger partial charge in [0, 0.05) is 19.0 Å². The second-order valence-corrected chi connectivity index (χ2v) is 5.41. The highest BCUT2D eigenvalue weighted by Crippen LogP contribution is 2.27. The van der Waals surface area contributed by atoms with Crippen LogP contribution in [0.2, 0.25) is 0 Å². The molecule has 0 aliphatic heterocycles. The lowest BCUT2D eigenvalue weighted by molar-refractivity contribution is 0.242. The van der Waals surface area contributed by atoms with Crippen molar-refractivity contribution in [1.29, 1.82) is 0 Å². The molecule has 0 fully saturated rings. The first-order chi connectivity index (χ1) is 8.54. The Kier molecular flexibility index (Phi) is 9.24. The molecule has 0 saturated heterocycles. The average Bonchev–Trinajstić information content (AvgIpc) is 2.29. The van der Waals surface area contributed by atoms with E-state index in [1.807, 2.05) is 0 Å². The van der Waals surface area contributed by atoms with Crippen molar-refractivity contribution in [3.63, 3.8) is 0 Å². The van der Waals surface area contributed by atoms with E-state index in [9.17, 15) is 0 Å². The van der Waals surface area contributed by atoms with Gasteiger partial charge in [0.2, 0.25) is 0 Å². The number of ether oxygens (including phenoxy) is 1. The molecule has 110 valence electrons. The van der Waals surface area contributed by atoms with Crippen LogP contribution in [0.25, 0.3) is 0 Å². The Hall–Kier alpha value is -0.440. The van der Waals surface area contributed by atoms with E-state index in [0.29, 0.717) is 18.4 Å². The minimum absolute atomic E-state index is 0. The lowest BCUT2D eigenvalue weighted by atomic mass is 10.0. The summed E-state index contributed by atoms with van der Waals surface area (Å²) >= 11 is 5.70. The first-order valence-electron chi connectivity index (χ1n) is 6.52. The second-order valence-electron chi connectivity index (χ2n) is 5.04. The largest absolute Gasteiger partial charge is 0.492 e. The van der Waals surface area contributed by atoms with Gasteiger partial charge in [-0.3, -0.25) is 0 Å². The molecule has 0 aliphatic rings. The third-order valence-electron chi connectivity index (χ3n) is 2.99. The molecule has 0 aliphatic carbocycles. The van der Waals surface area contributed by atoms with Crippen LogP contribution in [0.1, 0.15) is 30.9 Å². The maximum absolute atomic E-state index is 5.91. The van der Waals surface area contributed by atoms with Crippen LogP contribution in [0.5, 0.6) is 5.75 Å². The Labute approximate surface area is 128 Å². The maximum atomic E-state index is 5.91. The normalized spacial score (nSPS) is 10.7. The van der Waals surface area contributed by atoms with Gasteiger partial charge in [-0.05, 0) is 37.1 Å². The van der Waals surface area contributed by atoms with Crippen molar-refractivity contribution < 1.29 is 4.74 Å². The summed E-state index contributed by atoms with van der Waals surface area (Å²) in [5.41, 5.74) is 2.52. The fourth-order valence-corrected chi connectivity index (χ4v) is 2.10. The molecule has 0 heterocycles. The van der Waals surface area contributed by atoms with Gasteiger partial charge in [0.15, 0.2) is 0 Å². The number of hydrogen-bond donors (Lipinski definition) is 0. The van der Waals surface area contributed by atoms with E-state index in [-0.39, 0.29) is 12.4 Å². The van der Waals surface area contributed by atoms with Gasteiger partial charge in [0.25, 0.3) is 0 Å². The average molecular weight is 306 g/mol. The van der Waals surface area contributed by atoms with Crippen molar-refractivity contribution in [3.8, 4) is 5.75 Å². The second kappa shape index (κ2) is 9.46. The molecular weight excluding hydrogens is 281 g/mol. The van der Waals surface area contributed by atoms with Crippen molar-refractivity contribution in [2.75, 3.05) is 32.6 Å². The Morgan fingerprint density at radius 3 is 2.53 bits per heavy atom. The van der Waals surface area contributed by atoms with Gasteiger partial charge in [-0.25, -0.2) is 0 Å². The first kappa shape index (κ1) is 18.6. The predicted octanol–water partition coefficient (Wildman–Crippen LogP) is 4.09. The van der Waals surface area contributed by atoms with E-state index < -0.39 is 0 Å². The number of likely N-dealkylation sites (N-methyl/N-ethyl adjacent to an activating group) is 1. The minimum Gasteiger partial charge on any atom is -0.492 e. The first-order valence-corrected chi connectivity index (χ1v) is 7.06. The third kappa shape index (κ3) is 6.51. The van der Waals surface area contributed by atoms with Crippen molar-refractivity contribution in [2.45, 2.75) is 26.7 Å². The molecule has 2 nitrogen and oxygen atoms in total. The molecular formula is C15H25Cl2NO. The summed E-state index contributed by atoms with van der Waals surface area (Å²) < 4.78 is 5.91. The number of benzene rings is 1. The zero-order valence-corrected chi connectivity index (χ0v) is 13.9. The molecule has 0 saturated carbocycles. The van der Waals surface area contributed by atoms with Gasteiger partial charge in [-0.15, -0.1) is 24.0 Å². The molecule has 0 spiro atoms. The van der Waals surface area contributed by atoms with Gasteiger partial charge < -0.3 is 9.64 Å². The standard InChI is InChI=1S/C15H24ClNO.ClH/c1-12(2)14-6-5-13(3)11-15(14)18-10-9-17(4)8-7-16;/h5-6,11-12H,7-10H2,1-4H3;1H. The van der Waals surface area contributed by atoms with Crippen molar-refractivity contribution >= 4 is 24.0 Å². The van der Waals surface area contributed by atoms with E-state index in [4.69, 9.17) is 16.3 Å². The van der Waals surface area contributed by atoms with E-state index in [0.717, 1.165) is 18.8 Å². The van der Waals surface area contributed by atoms with Gasteiger partial charge >= 0.3 is 0 Å². The Bertz CT molecular complexity index is 369. The predicted molar refractivity (Wildman–Crippen MR) is 86.2 cm³/mol. The van der Waals surface area contributed by atoms with E-state index in [2.05, 4.69) is 50.9 Å². The SMILES string of the molecule is Cc1ccc(C(C)C)c(OCCN(C)CCCl)c1.Cl. The number of halogens is 2. The van der Waals surface area contributed by atoms with E-state index in [1.165, 1.54) is 11.1 Å². The van der Waals surface area contributed by atoms with E-state index >= 15 is 0 Å². The molecule has 1 rings (SSSR count). The lowest BCUT2D eigenvalue weighted by Crippen LogP contribution is -2.26. The molecule has 0 radical (unpaired) electrons. The maximum Gasteiger partial charge on any atom is 0.123 e. The molecule has 0 atom stereocenters. The van der Waals surface area contributed by atoms with Crippen molar-refractivity contribution in [3.05, 3.63) is 29.3 Å². The summed E-state index contributed by atoms with van der Waals surface area (Å²) in [6.07, 6.45) is 0. The summed E-state index contributed by atoms with van der Waals surface area (Å²) in [6, 6.07) is 6.43. The Balaban J connectivity index is 0.00000324. The number of alkyl halides is 1. The fourth-order valence-electron chi connectivity index (χ4n) is 1.81. The molecule has 0 bridgehead atoms. The van der Waals surface area contributed by atoms with Crippen LogP contribution in [0, 0.1) is 6.92 Å². The Morgan fingerprint density at radius 1 is 1.26 bits per heavy atom. The zero-order chi connectivity index (χ0) is 13.5. The van der Waals surface area contributed by atoms with Gasteiger partial charge in [0.05, 0.1) is 0 Å². The summed E-state index contributed by atoms with van der Waals surface area (Å²) in [4.78, 5) is 2.18. The van der Waals surface area contributed by atoms with E-state index in [1.54, 1.807) is 0 Å². The van der Waals surface area contributed by atoms with Crippen LogP contribution in [-0.4, -0.2) is 37.5 Å². The monoisotopic (exact) mass is 305 g/mol. The van der Waals surface area contributed by atoms with Gasteiger partial charge in [0.1, 0.15) is 12.4 Å². The lowest BCUT2D eigenvalue weighted by Gasteiger charge is -2.18. The molecule has 0 amide bonds. The molecule has 1 aromatic rings. The van der Waals surface area contributed by atoms with Crippen LogP contribution in [0.4, 0.5) is 0 Å². The summed E-state index contributed by atoms with van der Waals surface area (Å²) in [7, 11) is 2.06. The van der Waals surface area contributed by atoms with Gasteiger partial charge in [-0.2, -0.15) is 0 Å². The molecule has 0 unspecified atom stereocenters. The number of aryl methyl sites for hydroxylation is 1. The van der Waals surface area contributed by atoms with Crippen LogP contribution >= 0.6 is 24.0 Å². The topological polar surface area (TPSA) is 12.5 Å². The number of nitrogens with zero attached hydrogens (tertiary/aromatic N) is 1. The number of rotatable bonds is 7. The Morgan fingerprint density at radius 2 is 1.95 bits per heavy atom. The highest BCUT2D eigenvalue weighted by molar-refractivity contribution is 6.18. The minimum atomic E-state index is 0. The smallest absolute Gasteiger partial charge is 0.123 e. The third-order valence-corrected chi connectivity index (χ3v) is 3.16. The number of hydrogen-bond acceptors (Lipinski definition) is 2. The molecule has 0 aromatic heterocycles. The molecule has 0 N–H and O–H groups in total. The van der Waals surface area contributed by atoms with Gasteiger partial charge in [-0.1, -0.05) is 26.0 Å². The molecule has 1 aromatic carbocycles. The van der Waals surface area contributed by atoms with Crippen LogP contribution in [-0.2, 0) is 0 Å². The van der Waals surface area contributed by atoms with Crippen LogP contribution in [0.15, 0.2) is 18.2 Å².